The normalized spacial score (nSPS) is 12.4. The van der Waals surface area contributed by atoms with Crippen LogP contribution in [0.15, 0.2) is 47.4 Å². The van der Waals surface area contributed by atoms with E-state index in [-0.39, 0.29) is 33.7 Å². The first-order chi connectivity index (χ1) is 17.1. The van der Waals surface area contributed by atoms with E-state index in [9.17, 15) is 14.4 Å². The first kappa shape index (κ1) is 29.8. The van der Waals surface area contributed by atoms with Gasteiger partial charge in [-0.3, -0.25) is 14.4 Å². The van der Waals surface area contributed by atoms with Gasteiger partial charge in [0.05, 0.1) is 7.11 Å². The molecule has 1 heterocycles. The zero-order valence-electron chi connectivity index (χ0n) is 24.0. The minimum Gasteiger partial charge on any atom is -0.469 e. The van der Waals surface area contributed by atoms with Gasteiger partial charge in [0.15, 0.2) is 0 Å². The van der Waals surface area contributed by atoms with Crippen molar-refractivity contribution < 1.29 is 14.3 Å². The number of methoxy groups -OCH3 is 1. The Kier molecular flexibility index (Phi) is 9.48. The summed E-state index contributed by atoms with van der Waals surface area (Å²) in [6, 6.07) is 11.6. The summed E-state index contributed by atoms with van der Waals surface area (Å²) in [6.45, 7) is 18.9. The van der Waals surface area contributed by atoms with Gasteiger partial charge in [0.2, 0.25) is 5.43 Å². The highest BCUT2D eigenvalue weighted by Crippen LogP contribution is 2.40. The number of aromatic nitrogens is 1. The van der Waals surface area contributed by atoms with E-state index in [1.807, 2.05) is 12.1 Å². The van der Waals surface area contributed by atoms with Crippen LogP contribution in [0.2, 0.25) is 0 Å². The molecule has 2 N–H and O–H groups in total. The molecular weight excluding hydrogens is 464 g/mol. The molecule has 0 radical (unpaired) electrons. The summed E-state index contributed by atoms with van der Waals surface area (Å²) in [5, 5.41) is 3.59. The summed E-state index contributed by atoms with van der Waals surface area (Å²) in [4.78, 5) is 38.9. The maximum absolute atomic E-state index is 13.3. The molecule has 0 saturated heterocycles. The molecular formula is C31H42N2O4. The molecule has 200 valence electrons. The second-order valence-electron chi connectivity index (χ2n) is 11.5. The molecule has 1 atom stereocenters. The zero-order chi connectivity index (χ0) is 28.1. The Hall–Kier alpha value is -3.41. The lowest BCUT2D eigenvalue weighted by Gasteiger charge is -2.31. The van der Waals surface area contributed by atoms with E-state index in [0.29, 0.717) is 11.3 Å². The maximum Gasteiger partial charge on any atom is 0.302 e. The Morgan fingerprint density at radius 1 is 1.00 bits per heavy atom. The Balaban J connectivity index is 0.000000877. The summed E-state index contributed by atoms with van der Waals surface area (Å²) >= 11 is 0. The van der Waals surface area contributed by atoms with Gasteiger partial charge in [-0.05, 0) is 58.1 Å². The van der Waals surface area contributed by atoms with Crippen molar-refractivity contribution >= 4 is 28.5 Å². The lowest BCUT2D eigenvalue weighted by atomic mass is 9.75. The van der Waals surface area contributed by atoms with Crippen molar-refractivity contribution in [2.75, 3.05) is 12.4 Å². The van der Waals surface area contributed by atoms with E-state index in [1.165, 1.54) is 31.4 Å². The number of pyridine rings is 1. The summed E-state index contributed by atoms with van der Waals surface area (Å²) in [5.41, 5.74) is 4.78. The number of rotatable bonds is 4. The number of hydrogen-bond acceptors (Lipinski definition) is 4. The lowest BCUT2D eigenvalue weighted by molar-refractivity contribution is -0.137. The molecule has 0 aliphatic rings. The van der Waals surface area contributed by atoms with Crippen molar-refractivity contribution in [2.24, 2.45) is 0 Å². The number of esters is 1. The van der Waals surface area contributed by atoms with Crippen LogP contribution in [-0.4, -0.2) is 24.0 Å². The van der Waals surface area contributed by atoms with E-state index in [0.717, 1.165) is 23.2 Å². The van der Waals surface area contributed by atoms with Crippen LogP contribution in [0.3, 0.4) is 0 Å². The molecule has 1 amide bonds. The second-order valence-corrected chi connectivity index (χ2v) is 11.5. The van der Waals surface area contributed by atoms with E-state index in [4.69, 9.17) is 0 Å². The van der Waals surface area contributed by atoms with E-state index < -0.39 is 0 Å². The molecule has 3 aromatic rings. The van der Waals surface area contributed by atoms with Crippen LogP contribution in [0.4, 0.5) is 5.69 Å². The zero-order valence-corrected chi connectivity index (χ0v) is 24.0. The van der Waals surface area contributed by atoms with Gasteiger partial charge in [-0.15, -0.1) is 0 Å². The first-order valence-electron chi connectivity index (χ1n) is 12.8. The number of benzene rings is 2. The van der Waals surface area contributed by atoms with Crippen LogP contribution in [0, 0.1) is 0 Å². The fourth-order valence-electron chi connectivity index (χ4n) is 4.14. The number of carbonyl (C=O) groups is 2. The summed E-state index contributed by atoms with van der Waals surface area (Å²) < 4.78 is 4.11. The van der Waals surface area contributed by atoms with Gasteiger partial charge in [0.1, 0.15) is 5.56 Å². The van der Waals surface area contributed by atoms with Crippen LogP contribution in [0.5, 0.6) is 0 Å². The summed E-state index contributed by atoms with van der Waals surface area (Å²) in [7, 11) is 1.35. The highest BCUT2D eigenvalue weighted by atomic mass is 16.5. The number of nitrogens with one attached hydrogen (secondary N) is 2. The smallest absolute Gasteiger partial charge is 0.302 e. The predicted octanol–water partition coefficient (Wildman–Crippen LogP) is 7.07. The third kappa shape index (κ3) is 7.31. The minimum absolute atomic E-state index is 0.0171. The molecule has 37 heavy (non-hydrogen) atoms. The third-order valence-electron chi connectivity index (χ3n) is 6.52. The average Bonchev–Trinajstić information content (AvgIpc) is 2.82. The fourth-order valence-corrected chi connectivity index (χ4v) is 4.14. The van der Waals surface area contributed by atoms with Crippen LogP contribution < -0.4 is 10.7 Å². The minimum atomic E-state index is -0.388. The predicted molar refractivity (Wildman–Crippen MR) is 153 cm³/mol. The highest BCUT2D eigenvalue weighted by Gasteiger charge is 2.28. The third-order valence-corrected chi connectivity index (χ3v) is 6.52. The number of carbonyl (C=O) groups excluding carboxylic acids is 2. The maximum atomic E-state index is 13.3. The van der Waals surface area contributed by atoms with Gasteiger partial charge < -0.3 is 15.0 Å². The van der Waals surface area contributed by atoms with Crippen molar-refractivity contribution in [1.29, 1.82) is 0 Å². The molecule has 1 unspecified atom stereocenters. The van der Waals surface area contributed by atoms with Crippen molar-refractivity contribution in [3.05, 3.63) is 75.1 Å². The number of para-hydroxylation sites is 1. The van der Waals surface area contributed by atoms with E-state index >= 15 is 0 Å². The molecule has 0 spiro atoms. The summed E-state index contributed by atoms with van der Waals surface area (Å²) in [6.07, 6.45) is 2.52. The van der Waals surface area contributed by atoms with Gasteiger partial charge in [0.25, 0.3) is 5.91 Å². The number of fused-ring (bicyclic) bond motifs is 1. The quantitative estimate of drug-likeness (QED) is 0.371. The lowest BCUT2D eigenvalue weighted by Crippen LogP contribution is -2.25. The molecule has 0 bridgehead atoms. The van der Waals surface area contributed by atoms with Crippen molar-refractivity contribution in [1.82, 2.24) is 4.98 Å². The first-order valence-corrected chi connectivity index (χ1v) is 12.8. The molecule has 2 aromatic carbocycles. The van der Waals surface area contributed by atoms with Crippen LogP contribution in [0.25, 0.3) is 10.9 Å². The van der Waals surface area contributed by atoms with Gasteiger partial charge >= 0.3 is 5.97 Å². The largest absolute Gasteiger partial charge is 0.469 e. The SMILES string of the molecule is CCC(C)c1cc(NC(=O)c2c[nH]c3ccccc3c2=O)c(C(C)(C)C)cc1C(C)(C)C.COC(C)=O. The average molecular weight is 507 g/mol. The summed E-state index contributed by atoms with van der Waals surface area (Å²) in [5.74, 6) is -0.274. The number of hydrogen-bond donors (Lipinski definition) is 2. The van der Waals surface area contributed by atoms with Gasteiger partial charge in [0, 0.05) is 29.7 Å². The van der Waals surface area contributed by atoms with Crippen LogP contribution in [-0.2, 0) is 20.4 Å². The van der Waals surface area contributed by atoms with Crippen molar-refractivity contribution in [2.45, 2.75) is 85.5 Å². The van der Waals surface area contributed by atoms with Crippen LogP contribution >= 0.6 is 0 Å². The second kappa shape index (κ2) is 11.8. The number of H-pyrrole nitrogens is 1. The number of anilines is 1. The van der Waals surface area contributed by atoms with Gasteiger partial charge in [-0.25, -0.2) is 0 Å². The topological polar surface area (TPSA) is 88.3 Å². The van der Waals surface area contributed by atoms with E-state index in [2.05, 4.69) is 82.6 Å². The number of ether oxygens (including phenoxy) is 1. The standard InChI is InChI=1S/C28H36N2O2.C3H6O2/c1-9-17(2)19-14-24(22(28(6,7)8)15-21(19)27(3,4)5)30-26(32)20-16-29-23-13-11-10-12-18(23)25(20)31;1-3(4)5-2/h10-17H,9H2,1-8H3,(H,29,31)(H,30,32);1-2H3. The van der Waals surface area contributed by atoms with Gasteiger partial charge in [-0.2, -0.15) is 0 Å². The fraction of sp³-hybridized carbons (Fsp3) is 0.452. The van der Waals surface area contributed by atoms with Gasteiger partial charge in [-0.1, -0.05) is 73.6 Å². The molecule has 0 aliphatic heterocycles. The molecule has 3 rings (SSSR count). The Morgan fingerprint density at radius 3 is 2.08 bits per heavy atom. The Bertz CT molecular complexity index is 1320. The highest BCUT2D eigenvalue weighted by molar-refractivity contribution is 6.06. The molecule has 0 aliphatic carbocycles. The number of amides is 1. The molecule has 6 nitrogen and oxygen atoms in total. The Morgan fingerprint density at radius 2 is 1.57 bits per heavy atom. The molecule has 6 heteroatoms. The Labute approximate surface area is 220 Å². The van der Waals surface area contributed by atoms with Crippen molar-refractivity contribution in [3.8, 4) is 0 Å². The van der Waals surface area contributed by atoms with Crippen molar-refractivity contribution in [3.63, 3.8) is 0 Å². The number of aromatic amines is 1. The monoisotopic (exact) mass is 506 g/mol. The van der Waals surface area contributed by atoms with E-state index in [1.54, 1.807) is 12.1 Å². The molecule has 1 aromatic heterocycles. The van der Waals surface area contributed by atoms with Crippen LogP contribution in [0.1, 0.15) is 102 Å². The molecule has 0 saturated carbocycles. The molecule has 0 fully saturated rings.